The molecule has 0 rings (SSSR count). The third kappa shape index (κ3) is 7.31. The van der Waals surface area contributed by atoms with Crippen molar-refractivity contribution in [3.8, 4) is 0 Å². The summed E-state index contributed by atoms with van der Waals surface area (Å²) in [5.74, 6) is 2.09. The monoisotopic (exact) mass is 229 g/mol. The zero-order chi connectivity index (χ0) is 11.5. The molecule has 88 valence electrons. The third-order valence-electron chi connectivity index (χ3n) is 2.06. The number of allylic oxidation sites excluding steroid dienone is 1. The van der Waals surface area contributed by atoms with Crippen molar-refractivity contribution in [2.24, 2.45) is 4.99 Å². The standard InChI is InChI=1S/C11H23N3S/c1-5-6-7-9-14(3)11(12-2)13-8-10-15-4/h5H,1,6-10H2,2-4H3,(H,12,13). The fourth-order valence-electron chi connectivity index (χ4n) is 1.23. The van der Waals surface area contributed by atoms with Crippen molar-refractivity contribution in [2.75, 3.05) is 39.2 Å². The number of thioether (sulfide) groups is 1. The summed E-state index contributed by atoms with van der Waals surface area (Å²) in [6.07, 6.45) is 6.26. The molecule has 0 unspecified atom stereocenters. The van der Waals surface area contributed by atoms with E-state index in [9.17, 15) is 0 Å². The Balaban J connectivity index is 3.78. The quantitative estimate of drug-likeness (QED) is 0.312. The van der Waals surface area contributed by atoms with Crippen LogP contribution in [0.2, 0.25) is 0 Å². The van der Waals surface area contributed by atoms with Gasteiger partial charge in [0, 0.05) is 32.9 Å². The van der Waals surface area contributed by atoms with E-state index >= 15 is 0 Å². The van der Waals surface area contributed by atoms with Crippen LogP contribution >= 0.6 is 11.8 Å². The first-order valence-electron chi connectivity index (χ1n) is 5.27. The first-order valence-corrected chi connectivity index (χ1v) is 6.67. The van der Waals surface area contributed by atoms with Gasteiger partial charge in [0.25, 0.3) is 0 Å². The molecule has 0 radical (unpaired) electrons. The lowest BCUT2D eigenvalue weighted by Crippen LogP contribution is -2.40. The summed E-state index contributed by atoms with van der Waals surface area (Å²) in [7, 11) is 3.89. The lowest BCUT2D eigenvalue weighted by atomic mass is 10.3. The van der Waals surface area contributed by atoms with Gasteiger partial charge < -0.3 is 10.2 Å². The Kier molecular flexibility index (Phi) is 9.48. The summed E-state index contributed by atoms with van der Waals surface area (Å²) in [5, 5.41) is 3.33. The van der Waals surface area contributed by atoms with Gasteiger partial charge in [-0.2, -0.15) is 11.8 Å². The highest BCUT2D eigenvalue weighted by Crippen LogP contribution is 1.94. The minimum absolute atomic E-state index is 0.972. The molecule has 4 heteroatoms. The number of nitrogens with zero attached hydrogens (tertiary/aromatic N) is 2. The van der Waals surface area contributed by atoms with Crippen LogP contribution in [0.3, 0.4) is 0 Å². The molecule has 0 bridgehead atoms. The van der Waals surface area contributed by atoms with Gasteiger partial charge in [-0.15, -0.1) is 6.58 Å². The van der Waals surface area contributed by atoms with Crippen LogP contribution in [-0.2, 0) is 0 Å². The average Bonchev–Trinajstić information content (AvgIpc) is 2.24. The number of aliphatic imine (C=N–C) groups is 1. The SMILES string of the molecule is C=CCCCN(C)C(=NC)NCCSC. The fourth-order valence-corrected chi connectivity index (χ4v) is 1.53. The summed E-state index contributed by atoms with van der Waals surface area (Å²) in [6, 6.07) is 0. The number of unbranched alkanes of at least 4 members (excludes halogenated alkanes) is 1. The van der Waals surface area contributed by atoms with E-state index in [-0.39, 0.29) is 0 Å². The van der Waals surface area contributed by atoms with Crippen LogP contribution in [-0.4, -0.2) is 50.1 Å². The zero-order valence-corrected chi connectivity index (χ0v) is 10.9. The molecule has 3 nitrogen and oxygen atoms in total. The van der Waals surface area contributed by atoms with E-state index in [1.165, 1.54) is 0 Å². The molecular weight excluding hydrogens is 206 g/mol. The van der Waals surface area contributed by atoms with Crippen LogP contribution in [0, 0.1) is 0 Å². The highest BCUT2D eigenvalue weighted by molar-refractivity contribution is 7.98. The summed E-state index contributed by atoms with van der Waals surface area (Å²) in [5.41, 5.74) is 0. The van der Waals surface area contributed by atoms with E-state index in [0.29, 0.717) is 0 Å². The van der Waals surface area contributed by atoms with Crippen LogP contribution in [0.4, 0.5) is 0 Å². The van der Waals surface area contributed by atoms with Gasteiger partial charge in [0.2, 0.25) is 0 Å². The first-order chi connectivity index (χ1) is 7.26. The summed E-state index contributed by atoms with van der Waals surface area (Å²) in [6.45, 7) is 5.71. The Bertz CT molecular complexity index is 192. The van der Waals surface area contributed by atoms with Crippen molar-refractivity contribution in [2.45, 2.75) is 12.8 Å². The van der Waals surface area contributed by atoms with Crippen molar-refractivity contribution in [3.63, 3.8) is 0 Å². The number of guanidine groups is 1. The van der Waals surface area contributed by atoms with Crippen LogP contribution < -0.4 is 5.32 Å². The number of hydrogen-bond donors (Lipinski definition) is 1. The molecule has 0 saturated carbocycles. The second kappa shape index (κ2) is 9.90. The fraction of sp³-hybridized carbons (Fsp3) is 0.727. The van der Waals surface area contributed by atoms with Gasteiger partial charge in [0.15, 0.2) is 5.96 Å². The van der Waals surface area contributed by atoms with E-state index in [1.54, 1.807) is 0 Å². The molecule has 0 fully saturated rings. The maximum absolute atomic E-state index is 4.23. The minimum Gasteiger partial charge on any atom is -0.355 e. The Morgan fingerprint density at radius 2 is 2.33 bits per heavy atom. The Labute approximate surface area is 98.0 Å². The van der Waals surface area contributed by atoms with E-state index in [1.807, 2.05) is 24.9 Å². The topological polar surface area (TPSA) is 27.6 Å². The minimum atomic E-state index is 0.972. The predicted octanol–water partition coefficient (Wildman–Crippen LogP) is 1.82. The van der Waals surface area contributed by atoms with Crippen molar-refractivity contribution in [1.82, 2.24) is 10.2 Å². The van der Waals surface area contributed by atoms with Gasteiger partial charge in [-0.1, -0.05) is 6.08 Å². The summed E-state index contributed by atoms with van der Waals surface area (Å²) in [4.78, 5) is 6.39. The molecule has 0 aromatic rings. The maximum atomic E-state index is 4.23. The molecule has 0 aliphatic rings. The number of rotatable bonds is 7. The molecule has 0 heterocycles. The Morgan fingerprint density at radius 3 is 2.87 bits per heavy atom. The van der Waals surface area contributed by atoms with Gasteiger partial charge >= 0.3 is 0 Å². The lowest BCUT2D eigenvalue weighted by Gasteiger charge is -2.21. The van der Waals surface area contributed by atoms with Gasteiger partial charge in [-0.25, -0.2) is 0 Å². The molecule has 15 heavy (non-hydrogen) atoms. The van der Waals surface area contributed by atoms with E-state index in [2.05, 4.69) is 35.1 Å². The van der Waals surface area contributed by atoms with E-state index < -0.39 is 0 Å². The zero-order valence-electron chi connectivity index (χ0n) is 10.1. The van der Waals surface area contributed by atoms with Crippen molar-refractivity contribution in [3.05, 3.63) is 12.7 Å². The normalized spacial score (nSPS) is 11.3. The van der Waals surface area contributed by atoms with Crippen molar-refractivity contribution >= 4 is 17.7 Å². The van der Waals surface area contributed by atoms with Crippen LogP contribution in [0.15, 0.2) is 17.6 Å². The molecule has 0 spiro atoms. The molecule has 0 atom stereocenters. The molecule has 0 aliphatic heterocycles. The Morgan fingerprint density at radius 1 is 1.60 bits per heavy atom. The molecule has 0 saturated heterocycles. The smallest absolute Gasteiger partial charge is 0.193 e. The van der Waals surface area contributed by atoms with E-state index in [0.717, 1.165) is 37.6 Å². The second-order valence-electron chi connectivity index (χ2n) is 3.32. The second-order valence-corrected chi connectivity index (χ2v) is 4.30. The third-order valence-corrected chi connectivity index (χ3v) is 2.68. The van der Waals surface area contributed by atoms with Crippen molar-refractivity contribution < 1.29 is 0 Å². The van der Waals surface area contributed by atoms with Crippen LogP contribution in [0.5, 0.6) is 0 Å². The summed E-state index contributed by atoms with van der Waals surface area (Å²) < 4.78 is 0. The molecule has 0 aromatic carbocycles. The first kappa shape index (κ1) is 14.4. The predicted molar refractivity (Wildman–Crippen MR) is 71.8 cm³/mol. The van der Waals surface area contributed by atoms with Gasteiger partial charge in [0.1, 0.15) is 0 Å². The van der Waals surface area contributed by atoms with E-state index in [4.69, 9.17) is 0 Å². The molecule has 0 amide bonds. The van der Waals surface area contributed by atoms with Gasteiger partial charge in [0.05, 0.1) is 0 Å². The van der Waals surface area contributed by atoms with Gasteiger partial charge in [-0.05, 0) is 19.1 Å². The Hall–Kier alpha value is -0.640. The van der Waals surface area contributed by atoms with Crippen molar-refractivity contribution in [1.29, 1.82) is 0 Å². The highest BCUT2D eigenvalue weighted by atomic mass is 32.2. The molecule has 0 aliphatic carbocycles. The van der Waals surface area contributed by atoms with Gasteiger partial charge in [-0.3, -0.25) is 4.99 Å². The van der Waals surface area contributed by atoms with Crippen LogP contribution in [0.1, 0.15) is 12.8 Å². The molecular formula is C11H23N3S. The summed E-state index contributed by atoms with van der Waals surface area (Å²) >= 11 is 1.84. The number of hydrogen-bond acceptors (Lipinski definition) is 2. The number of nitrogens with one attached hydrogen (secondary N) is 1. The average molecular weight is 229 g/mol. The lowest BCUT2D eigenvalue weighted by molar-refractivity contribution is 0.472. The largest absolute Gasteiger partial charge is 0.355 e. The highest BCUT2D eigenvalue weighted by Gasteiger charge is 2.03. The van der Waals surface area contributed by atoms with Crippen LogP contribution in [0.25, 0.3) is 0 Å². The molecule has 1 N–H and O–H groups in total. The molecule has 0 aromatic heterocycles. The maximum Gasteiger partial charge on any atom is 0.193 e.